The topological polar surface area (TPSA) is 14.1 Å². The number of rotatable bonds is 2. The molecule has 0 N–H and O–H groups in total. The number of hydrogen-bond donors (Lipinski definition) is 0. The highest BCUT2D eigenvalue weighted by Gasteiger charge is 2.12. The van der Waals surface area contributed by atoms with E-state index in [1.165, 1.54) is 0 Å². The van der Waals surface area contributed by atoms with E-state index in [2.05, 4.69) is 5.32 Å². The van der Waals surface area contributed by atoms with Crippen molar-refractivity contribution in [2.24, 2.45) is 0 Å². The lowest BCUT2D eigenvalue weighted by atomic mass is 10.2. The summed E-state index contributed by atoms with van der Waals surface area (Å²) in [6, 6.07) is 10.3. The van der Waals surface area contributed by atoms with Crippen LogP contribution in [0.15, 0.2) is 36.4 Å². The lowest BCUT2D eigenvalue weighted by molar-refractivity contribution is 1.19. The van der Waals surface area contributed by atoms with Gasteiger partial charge in [0.1, 0.15) is 11.4 Å². The van der Waals surface area contributed by atoms with Crippen LogP contribution in [0.1, 0.15) is 0 Å². The summed E-state index contributed by atoms with van der Waals surface area (Å²) >= 11 is 24.1. The Bertz CT molecular complexity index is 464. The molecule has 17 heavy (non-hydrogen) atoms. The molecule has 2 rings (SSSR count). The van der Waals surface area contributed by atoms with E-state index >= 15 is 0 Å². The van der Waals surface area contributed by atoms with Crippen LogP contribution in [-0.2, 0) is 0 Å². The van der Waals surface area contributed by atoms with Gasteiger partial charge >= 0.3 is 0 Å². The van der Waals surface area contributed by atoms with Crippen molar-refractivity contribution < 1.29 is 0 Å². The molecule has 2 aromatic rings. The first-order chi connectivity index (χ1) is 8.09. The van der Waals surface area contributed by atoms with E-state index in [-0.39, 0.29) is 0 Å². The molecule has 0 saturated heterocycles. The molecule has 0 aliphatic rings. The molecule has 0 fully saturated rings. The number of benzene rings is 2. The maximum Gasteiger partial charge on any atom is 0.101 e. The molecule has 2 aromatic carbocycles. The van der Waals surface area contributed by atoms with Crippen molar-refractivity contribution in [2.45, 2.75) is 0 Å². The Hall–Kier alpha value is -0.600. The van der Waals surface area contributed by atoms with Gasteiger partial charge in [-0.2, -0.15) is 0 Å². The summed E-state index contributed by atoms with van der Waals surface area (Å²) in [5.74, 6) is 0. The van der Waals surface area contributed by atoms with E-state index in [9.17, 15) is 0 Å². The average molecular weight is 306 g/mol. The molecule has 0 aliphatic carbocycles. The van der Waals surface area contributed by atoms with E-state index in [0.717, 1.165) is 0 Å². The normalized spacial score (nSPS) is 10.4. The smallest absolute Gasteiger partial charge is 0.101 e. The first-order valence-corrected chi connectivity index (χ1v) is 6.20. The Morgan fingerprint density at radius 2 is 0.882 bits per heavy atom. The summed E-state index contributed by atoms with van der Waals surface area (Å²) in [4.78, 5) is 0. The third-order valence-electron chi connectivity index (χ3n) is 2.10. The van der Waals surface area contributed by atoms with E-state index in [1.54, 1.807) is 36.4 Å². The third-order valence-corrected chi connectivity index (χ3v) is 3.32. The molecule has 0 aromatic heterocycles. The van der Waals surface area contributed by atoms with Crippen LogP contribution in [0, 0.1) is 0 Å². The van der Waals surface area contributed by atoms with Crippen molar-refractivity contribution in [3.63, 3.8) is 0 Å². The molecule has 0 atom stereocenters. The summed E-state index contributed by atoms with van der Waals surface area (Å²) < 4.78 is 0. The van der Waals surface area contributed by atoms with Gasteiger partial charge in [0.25, 0.3) is 0 Å². The third kappa shape index (κ3) is 2.80. The van der Waals surface area contributed by atoms with Crippen LogP contribution in [0.5, 0.6) is 0 Å². The lowest BCUT2D eigenvalue weighted by Gasteiger charge is -2.10. The van der Waals surface area contributed by atoms with Crippen molar-refractivity contribution >= 4 is 57.8 Å². The van der Waals surface area contributed by atoms with Crippen LogP contribution in [-0.4, -0.2) is 0 Å². The predicted octanol–water partition coefficient (Wildman–Crippen LogP) is 5.87. The van der Waals surface area contributed by atoms with Gasteiger partial charge in [0, 0.05) is 0 Å². The number of halogens is 4. The second kappa shape index (κ2) is 5.36. The second-order valence-electron chi connectivity index (χ2n) is 3.25. The van der Waals surface area contributed by atoms with Crippen molar-refractivity contribution in [1.29, 1.82) is 0 Å². The Morgan fingerprint density at radius 1 is 0.588 bits per heavy atom. The van der Waals surface area contributed by atoms with Gasteiger partial charge in [-0.05, 0) is 24.3 Å². The van der Waals surface area contributed by atoms with Crippen LogP contribution in [0.4, 0.5) is 11.4 Å². The summed E-state index contributed by atoms with van der Waals surface area (Å²) in [6.45, 7) is 0. The van der Waals surface area contributed by atoms with Gasteiger partial charge in [-0.15, -0.1) is 0 Å². The average Bonchev–Trinajstić information content (AvgIpc) is 2.27. The van der Waals surface area contributed by atoms with Gasteiger partial charge in [-0.25, -0.2) is 5.32 Å². The van der Waals surface area contributed by atoms with E-state index in [0.29, 0.717) is 31.5 Å². The van der Waals surface area contributed by atoms with Gasteiger partial charge in [-0.3, -0.25) is 0 Å². The molecule has 0 heterocycles. The van der Waals surface area contributed by atoms with Crippen molar-refractivity contribution in [1.82, 2.24) is 5.32 Å². The summed E-state index contributed by atoms with van der Waals surface area (Å²) in [5.41, 5.74) is 0.927. The molecule has 0 bridgehead atoms. The standard InChI is InChI=1S/C12H6Cl4N/c13-7-3-1-4-8(14)11(7)17-12-9(15)5-2-6-10(12)16/h1-6H. The summed E-state index contributed by atoms with van der Waals surface area (Å²) in [6.07, 6.45) is 0. The van der Waals surface area contributed by atoms with E-state index in [1.807, 2.05) is 0 Å². The maximum absolute atomic E-state index is 6.02. The monoisotopic (exact) mass is 304 g/mol. The molecule has 1 nitrogen and oxygen atoms in total. The van der Waals surface area contributed by atoms with E-state index in [4.69, 9.17) is 46.4 Å². The maximum atomic E-state index is 6.02. The minimum atomic E-state index is 0.452. The molecular formula is C12H6Cl4N. The molecular weight excluding hydrogens is 300 g/mol. The highest BCUT2D eigenvalue weighted by atomic mass is 35.5. The van der Waals surface area contributed by atoms with Crippen LogP contribution in [0.25, 0.3) is 0 Å². The molecule has 0 amide bonds. The van der Waals surface area contributed by atoms with Gasteiger partial charge in [0.05, 0.1) is 20.1 Å². The quantitative estimate of drug-likeness (QED) is 0.659. The summed E-state index contributed by atoms with van der Waals surface area (Å²) in [7, 11) is 0. The van der Waals surface area contributed by atoms with Crippen LogP contribution in [0.3, 0.4) is 0 Å². The molecule has 1 radical (unpaired) electrons. The van der Waals surface area contributed by atoms with Crippen LogP contribution < -0.4 is 5.32 Å². The number of para-hydroxylation sites is 2. The fourth-order valence-electron chi connectivity index (χ4n) is 1.30. The molecule has 5 heteroatoms. The fourth-order valence-corrected chi connectivity index (χ4v) is 2.27. The second-order valence-corrected chi connectivity index (χ2v) is 4.88. The molecule has 0 spiro atoms. The Morgan fingerprint density at radius 3 is 1.18 bits per heavy atom. The Balaban J connectivity index is 2.45. The highest BCUT2D eigenvalue weighted by Crippen LogP contribution is 2.38. The number of nitrogens with zero attached hydrogens (tertiary/aromatic N) is 1. The first kappa shape index (κ1) is 12.8. The van der Waals surface area contributed by atoms with Crippen molar-refractivity contribution in [3.8, 4) is 0 Å². The minimum absolute atomic E-state index is 0.452. The largest absolute Gasteiger partial charge is 0.243 e. The Labute approximate surface area is 119 Å². The number of hydrogen-bond acceptors (Lipinski definition) is 0. The highest BCUT2D eigenvalue weighted by molar-refractivity contribution is 6.40. The van der Waals surface area contributed by atoms with Crippen molar-refractivity contribution in [2.75, 3.05) is 0 Å². The minimum Gasteiger partial charge on any atom is -0.243 e. The van der Waals surface area contributed by atoms with Crippen LogP contribution in [0.2, 0.25) is 20.1 Å². The first-order valence-electron chi connectivity index (χ1n) is 4.69. The van der Waals surface area contributed by atoms with Gasteiger partial charge in [0.15, 0.2) is 0 Å². The predicted molar refractivity (Wildman–Crippen MR) is 74.4 cm³/mol. The molecule has 0 unspecified atom stereocenters. The molecule has 0 saturated carbocycles. The van der Waals surface area contributed by atoms with Crippen molar-refractivity contribution in [3.05, 3.63) is 56.5 Å². The summed E-state index contributed by atoms with van der Waals surface area (Å²) in [5, 5.41) is 6.12. The zero-order valence-corrected chi connectivity index (χ0v) is 11.4. The lowest BCUT2D eigenvalue weighted by Crippen LogP contribution is -1.92. The Kier molecular flexibility index (Phi) is 4.05. The van der Waals surface area contributed by atoms with E-state index < -0.39 is 0 Å². The fraction of sp³-hybridized carbons (Fsp3) is 0. The molecule has 87 valence electrons. The van der Waals surface area contributed by atoms with Gasteiger partial charge in [-0.1, -0.05) is 58.5 Å². The SMILES string of the molecule is Clc1cccc(Cl)c1[N]c1c(Cl)cccc1Cl. The van der Waals surface area contributed by atoms with Gasteiger partial charge in [0.2, 0.25) is 0 Å². The zero-order valence-electron chi connectivity index (χ0n) is 8.42. The zero-order chi connectivity index (χ0) is 12.4. The van der Waals surface area contributed by atoms with Gasteiger partial charge < -0.3 is 0 Å². The molecule has 0 aliphatic heterocycles. The van der Waals surface area contributed by atoms with Crippen LogP contribution >= 0.6 is 46.4 Å².